The molecule has 0 saturated carbocycles. The number of aliphatic hydroxyl groups is 1. The van der Waals surface area contributed by atoms with Gasteiger partial charge in [-0.25, -0.2) is 0 Å². The molecular formula is C20H25IO2Si. The predicted octanol–water partition coefficient (Wildman–Crippen LogP) is 3.87. The highest BCUT2D eigenvalue weighted by Crippen LogP contribution is 2.37. The first-order valence-corrected chi connectivity index (χ1v) is 11.1. The standard InChI is InChI=1S/C20H25IO2Si/c1-20(2,3)24(18-10-6-4-7-11-18,19-12-8-5-9-13-19)23-16-17(21)14-15-22/h4-14,22H,15-16H2,1-3H3/b17-14-. The molecule has 0 aromatic heterocycles. The van der Waals surface area contributed by atoms with E-state index in [0.29, 0.717) is 6.61 Å². The van der Waals surface area contributed by atoms with Crippen LogP contribution in [-0.4, -0.2) is 26.6 Å². The Morgan fingerprint density at radius 1 is 1.00 bits per heavy atom. The second-order valence-electron chi connectivity index (χ2n) is 6.79. The van der Waals surface area contributed by atoms with E-state index in [4.69, 9.17) is 9.53 Å². The Balaban J connectivity index is 2.59. The Bertz CT molecular complexity index is 624. The molecule has 128 valence electrons. The van der Waals surface area contributed by atoms with Crippen molar-refractivity contribution in [2.75, 3.05) is 13.2 Å². The van der Waals surface area contributed by atoms with Gasteiger partial charge >= 0.3 is 0 Å². The van der Waals surface area contributed by atoms with Crippen LogP contribution in [-0.2, 0) is 4.43 Å². The maximum absolute atomic E-state index is 9.13. The van der Waals surface area contributed by atoms with Gasteiger partial charge in [0.05, 0.1) is 13.2 Å². The van der Waals surface area contributed by atoms with Crippen LogP contribution < -0.4 is 10.4 Å². The number of benzene rings is 2. The third-order valence-corrected chi connectivity index (χ3v) is 9.89. The highest BCUT2D eigenvalue weighted by atomic mass is 127. The molecule has 24 heavy (non-hydrogen) atoms. The fourth-order valence-electron chi connectivity index (χ4n) is 3.10. The molecule has 0 aliphatic heterocycles. The summed E-state index contributed by atoms with van der Waals surface area (Å²) in [6.07, 6.45) is 1.80. The average molecular weight is 452 g/mol. The zero-order valence-electron chi connectivity index (χ0n) is 14.5. The van der Waals surface area contributed by atoms with Crippen LogP contribution in [0.5, 0.6) is 0 Å². The van der Waals surface area contributed by atoms with E-state index in [0.717, 1.165) is 3.58 Å². The van der Waals surface area contributed by atoms with Crippen molar-refractivity contribution in [3.63, 3.8) is 0 Å². The lowest BCUT2D eigenvalue weighted by atomic mass is 10.2. The molecule has 2 nitrogen and oxygen atoms in total. The van der Waals surface area contributed by atoms with Crippen LogP contribution in [0.4, 0.5) is 0 Å². The third-order valence-electron chi connectivity index (χ3n) is 4.16. The molecule has 0 aliphatic rings. The monoisotopic (exact) mass is 452 g/mol. The van der Waals surface area contributed by atoms with Gasteiger partial charge in [-0.05, 0) is 44.1 Å². The first-order chi connectivity index (χ1) is 11.4. The SMILES string of the molecule is CC(C)(C)[Si](OC/C(I)=C/CO)(c1ccccc1)c1ccccc1. The van der Waals surface area contributed by atoms with Crippen molar-refractivity contribution < 1.29 is 9.53 Å². The summed E-state index contributed by atoms with van der Waals surface area (Å²) in [6, 6.07) is 21.2. The van der Waals surface area contributed by atoms with Crippen LogP contribution in [0.1, 0.15) is 20.8 Å². The van der Waals surface area contributed by atoms with Crippen molar-refractivity contribution in [3.8, 4) is 0 Å². The summed E-state index contributed by atoms with van der Waals surface area (Å²) in [5.74, 6) is 0. The van der Waals surface area contributed by atoms with Crippen molar-refractivity contribution in [3.05, 3.63) is 70.3 Å². The molecule has 0 spiro atoms. The van der Waals surface area contributed by atoms with Gasteiger partial charge in [0, 0.05) is 3.58 Å². The first kappa shape index (κ1) is 19.4. The molecule has 1 N–H and O–H groups in total. The molecule has 0 aliphatic carbocycles. The highest BCUT2D eigenvalue weighted by Gasteiger charge is 2.50. The van der Waals surface area contributed by atoms with Gasteiger partial charge in [0.15, 0.2) is 0 Å². The van der Waals surface area contributed by atoms with Gasteiger partial charge in [0.1, 0.15) is 0 Å². The van der Waals surface area contributed by atoms with Crippen LogP contribution in [0, 0.1) is 0 Å². The zero-order valence-corrected chi connectivity index (χ0v) is 17.7. The van der Waals surface area contributed by atoms with E-state index in [2.05, 4.69) is 91.9 Å². The van der Waals surface area contributed by atoms with Gasteiger partial charge in [0.2, 0.25) is 0 Å². The lowest BCUT2D eigenvalue weighted by Crippen LogP contribution is -2.66. The number of halogens is 1. The molecule has 0 saturated heterocycles. The van der Waals surface area contributed by atoms with E-state index in [9.17, 15) is 0 Å². The minimum Gasteiger partial charge on any atom is -0.403 e. The molecule has 4 heteroatoms. The van der Waals surface area contributed by atoms with Crippen LogP contribution >= 0.6 is 22.6 Å². The molecule has 0 radical (unpaired) electrons. The topological polar surface area (TPSA) is 29.5 Å². The third kappa shape index (κ3) is 4.17. The normalized spacial score (nSPS) is 13.1. The van der Waals surface area contributed by atoms with E-state index in [-0.39, 0.29) is 11.6 Å². The molecule has 0 atom stereocenters. The highest BCUT2D eigenvalue weighted by molar-refractivity contribution is 14.1. The van der Waals surface area contributed by atoms with Gasteiger partial charge in [-0.1, -0.05) is 81.4 Å². The number of rotatable bonds is 6. The van der Waals surface area contributed by atoms with Crippen molar-refractivity contribution in [1.29, 1.82) is 0 Å². The fourth-order valence-corrected chi connectivity index (χ4v) is 8.27. The summed E-state index contributed by atoms with van der Waals surface area (Å²) in [7, 11) is -2.47. The summed E-state index contributed by atoms with van der Waals surface area (Å²) in [6.45, 7) is 7.36. The summed E-state index contributed by atoms with van der Waals surface area (Å²) in [4.78, 5) is 0. The molecule has 0 amide bonds. The molecule has 2 aromatic rings. The Morgan fingerprint density at radius 3 is 1.83 bits per heavy atom. The molecule has 0 heterocycles. The summed E-state index contributed by atoms with van der Waals surface area (Å²) < 4.78 is 7.76. The fraction of sp³-hybridized carbons (Fsp3) is 0.300. The van der Waals surface area contributed by atoms with Crippen molar-refractivity contribution >= 4 is 41.3 Å². The van der Waals surface area contributed by atoms with Crippen molar-refractivity contribution in [2.24, 2.45) is 0 Å². The number of hydrogen-bond donors (Lipinski definition) is 1. The van der Waals surface area contributed by atoms with Crippen LogP contribution in [0.3, 0.4) is 0 Å². The Kier molecular flexibility index (Phi) is 6.80. The Morgan fingerprint density at radius 2 is 1.46 bits per heavy atom. The lowest BCUT2D eigenvalue weighted by molar-refractivity contribution is 0.327. The molecular weight excluding hydrogens is 427 g/mol. The quantitative estimate of drug-likeness (QED) is 0.533. The van der Waals surface area contributed by atoms with Gasteiger partial charge in [-0.15, -0.1) is 0 Å². The minimum atomic E-state index is -2.47. The van der Waals surface area contributed by atoms with Crippen LogP contribution in [0.2, 0.25) is 5.04 Å². The Hall–Kier alpha value is -0.953. The van der Waals surface area contributed by atoms with Crippen molar-refractivity contribution in [1.82, 2.24) is 0 Å². The summed E-state index contributed by atoms with van der Waals surface area (Å²) in [5.41, 5.74) is 0. The number of aliphatic hydroxyl groups excluding tert-OH is 1. The summed E-state index contributed by atoms with van der Waals surface area (Å²) in [5, 5.41) is 11.7. The first-order valence-electron chi connectivity index (χ1n) is 8.12. The van der Waals surface area contributed by atoms with Gasteiger partial charge < -0.3 is 9.53 Å². The largest absolute Gasteiger partial charge is 0.403 e. The maximum Gasteiger partial charge on any atom is 0.261 e. The van der Waals surface area contributed by atoms with Crippen molar-refractivity contribution in [2.45, 2.75) is 25.8 Å². The molecule has 0 bridgehead atoms. The summed E-state index contributed by atoms with van der Waals surface area (Å²) >= 11 is 2.25. The van der Waals surface area contributed by atoms with E-state index in [1.54, 1.807) is 6.08 Å². The Labute approximate surface area is 159 Å². The van der Waals surface area contributed by atoms with E-state index < -0.39 is 8.32 Å². The van der Waals surface area contributed by atoms with E-state index in [1.807, 2.05) is 12.1 Å². The zero-order chi connectivity index (χ0) is 17.6. The maximum atomic E-state index is 9.13. The lowest BCUT2D eigenvalue weighted by Gasteiger charge is -2.43. The molecule has 0 unspecified atom stereocenters. The van der Waals surface area contributed by atoms with E-state index in [1.165, 1.54) is 10.4 Å². The van der Waals surface area contributed by atoms with Crippen LogP contribution in [0.25, 0.3) is 0 Å². The molecule has 2 aromatic carbocycles. The van der Waals surface area contributed by atoms with Crippen LogP contribution in [0.15, 0.2) is 70.3 Å². The molecule has 2 rings (SSSR count). The predicted molar refractivity (Wildman–Crippen MR) is 113 cm³/mol. The average Bonchev–Trinajstić information content (AvgIpc) is 2.56. The minimum absolute atomic E-state index is 0.0220. The van der Waals surface area contributed by atoms with E-state index >= 15 is 0 Å². The smallest absolute Gasteiger partial charge is 0.261 e. The molecule has 0 fully saturated rings. The second-order valence-corrected chi connectivity index (χ2v) is 12.5. The second kappa shape index (κ2) is 8.42. The van der Waals surface area contributed by atoms with Gasteiger partial charge in [0.25, 0.3) is 8.32 Å². The van der Waals surface area contributed by atoms with Gasteiger partial charge in [-0.2, -0.15) is 0 Å². The van der Waals surface area contributed by atoms with Gasteiger partial charge in [-0.3, -0.25) is 0 Å². The number of hydrogen-bond acceptors (Lipinski definition) is 2.